The van der Waals surface area contributed by atoms with Crippen LogP contribution >= 0.6 is 0 Å². The monoisotopic (exact) mass is 275 g/mol. The first-order chi connectivity index (χ1) is 9.45. The van der Waals surface area contributed by atoms with E-state index in [0.717, 1.165) is 5.47 Å². The lowest BCUT2D eigenvalue weighted by molar-refractivity contribution is 0.0878. The van der Waals surface area contributed by atoms with Gasteiger partial charge in [0, 0.05) is 6.54 Å². The standard InChI is InChI=1S/C15H22BNO3/c1-9(2)13-10-5-6-18-8-11-14(10)16(19-12(13)7-17)20-15(11,3)4/h5-6,9,12H,7-8,17H2,1-4H3/t12-/m1/s1. The molecular weight excluding hydrogens is 253 g/mol. The molecule has 0 aromatic carbocycles. The Bertz CT molecular complexity index is 519. The van der Waals surface area contributed by atoms with E-state index in [1.165, 1.54) is 16.7 Å². The van der Waals surface area contributed by atoms with Gasteiger partial charge in [-0.05, 0) is 48.0 Å². The van der Waals surface area contributed by atoms with Crippen LogP contribution in [0, 0.1) is 5.92 Å². The lowest BCUT2D eigenvalue weighted by Gasteiger charge is -2.33. The minimum absolute atomic E-state index is 0.0864. The van der Waals surface area contributed by atoms with Crippen LogP contribution in [0.4, 0.5) is 0 Å². The van der Waals surface area contributed by atoms with Crippen LogP contribution in [0.2, 0.25) is 0 Å². The largest absolute Gasteiger partial charge is 0.497 e. The minimum Gasteiger partial charge on any atom is -0.497 e. The molecule has 5 heteroatoms. The van der Waals surface area contributed by atoms with Crippen molar-refractivity contribution in [3.05, 3.63) is 34.5 Å². The molecule has 2 N–H and O–H groups in total. The second-order valence-corrected chi connectivity index (χ2v) is 6.35. The Labute approximate surface area is 120 Å². The van der Waals surface area contributed by atoms with E-state index in [1.54, 1.807) is 6.26 Å². The normalized spacial score (nSPS) is 27.9. The van der Waals surface area contributed by atoms with Gasteiger partial charge in [-0.3, -0.25) is 0 Å². The molecule has 3 aliphatic rings. The van der Waals surface area contributed by atoms with Crippen LogP contribution in [0.25, 0.3) is 0 Å². The lowest BCUT2D eigenvalue weighted by atomic mass is 9.67. The molecule has 20 heavy (non-hydrogen) atoms. The first-order valence-corrected chi connectivity index (χ1v) is 7.25. The van der Waals surface area contributed by atoms with Crippen LogP contribution in [-0.4, -0.2) is 32.0 Å². The summed E-state index contributed by atoms with van der Waals surface area (Å²) in [6.45, 7) is 9.51. The van der Waals surface area contributed by atoms with Crippen LogP contribution in [-0.2, 0) is 14.0 Å². The SMILES string of the molecule is CC(C)C1=C2C=COCC3=C2B(O[C@@H]1CN)OC3(C)C. The van der Waals surface area contributed by atoms with Crippen LogP contribution < -0.4 is 5.73 Å². The quantitative estimate of drug-likeness (QED) is 0.783. The fraction of sp³-hybridized carbons (Fsp3) is 0.600. The van der Waals surface area contributed by atoms with Crippen molar-refractivity contribution in [2.24, 2.45) is 11.7 Å². The lowest BCUT2D eigenvalue weighted by Crippen LogP contribution is -2.42. The molecule has 3 rings (SSSR count). The highest BCUT2D eigenvalue weighted by Gasteiger charge is 2.50. The Hall–Kier alpha value is -1.04. The molecular formula is C15H22BNO3. The van der Waals surface area contributed by atoms with Gasteiger partial charge in [-0.2, -0.15) is 0 Å². The third kappa shape index (κ3) is 1.96. The van der Waals surface area contributed by atoms with Crippen molar-refractivity contribution in [1.82, 2.24) is 0 Å². The Morgan fingerprint density at radius 1 is 1.45 bits per heavy atom. The predicted octanol–water partition coefficient (Wildman–Crippen LogP) is 1.97. The number of ether oxygens (including phenoxy) is 1. The Morgan fingerprint density at radius 3 is 2.85 bits per heavy atom. The number of allylic oxidation sites excluding steroid dienone is 3. The maximum absolute atomic E-state index is 6.11. The van der Waals surface area contributed by atoms with Crippen LogP contribution in [0.1, 0.15) is 27.7 Å². The predicted molar refractivity (Wildman–Crippen MR) is 78.8 cm³/mol. The third-order valence-corrected chi connectivity index (χ3v) is 4.32. The van der Waals surface area contributed by atoms with E-state index >= 15 is 0 Å². The van der Waals surface area contributed by atoms with Crippen molar-refractivity contribution in [3.8, 4) is 0 Å². The molecule has 0 bridgehead atoms. The van der Waals surface area contributed by atoms with Crippen LogP contribution in [0.15, 0.2) is 34.5 Å². The number of rotatable bonds is 2. The third-order valence-electron chi connectivity index (χ3n) is 4.32. The first kappa shape index (κ1) is 13.9. The molecule has 0 aromatic heterocycles. The Morgan fingerprint density at radius 2 is 2.20 bits per heavy atom. The van der Waals surface area contributed by atoms with Gasteiger partial charge >= 0.3 is 7.12 Å². The summed E-state index contributed by atoms with van der Waals surface area (Å²) in [5.41, 5.74) is 10.3. The van der Waals surface area contributed by atoms with Crippen LogP contribution in [0.5, 0.6) is 0 Å². The van der Waals surface area contributed by atoms with Crippen molar-refractivity contribution in [2.75, 3.05) is 13.2 Å². The van der Waals surface area contributed by atoms with Crippen molar-refractivity contribution in [3.63, 3.8) is 0 Å². The zero-order valence-corrected chi connectivity index (χ0v) is 12.6. The summed E-state index contributed by atoms with van der Waals surface area (Å²) < 4.78 is 17.8. The van der Waals surface area contributed by atoms with Crippen molar-refractivity contribution >= 4 is 7.12 Å². The molecule has 0 aromatic rings. The van der Waals surface area contributed by atoms with Gasteiger partial charge in [0.25, 0.3) is 0 Å². The smallest absolute Gasteiger partial charge is 0.495 e. The average molecular weight is 275 g/mol. The molecule has 3 aliphatic heterocycles. The zero-order valence-electron chi connectivity index (χ0n) is 12.6. The maximum atomic E-state index is 6.11. The van der Waals surface area contributed by atoms with E-state index in [-0.39, 0.29) is 18.8 Å². The summed E-state index contributed by atoms with van der Waals surface area (Å²) in [6.07, 6.45) is 3.74. The van der Waals surface area contributed by atoms with Gasteiger partial charge in [-0.15, -0.1) is 0 Å². The van der Waals surface area contributed by atoms with E-state index in [4.69, 9.17) is 19.8 Å². The van der Waals surface area contributed by atoms with E-state index in [1.807, 2.05) is 6.08 Å². The molecule has 3 heterocycles. The minimum atomic E-state index is -0.358. The maximum Gasteiger partial charge on any atom is 0.495 e. The highest BCUT2D eigenvalue weighted by atomic mass is 16.6. The number of hydrogen-bond donors (Lipinski definition) is 1. The molecule has 0 fully saturated rings. The van der Waals surface area contributed by atoms with Gasteiger partial charge < -0.3 is 19.8 Å². The summed E-state index contributed by atoms with van der Waals surface area (Å²) in [6, 6.07) is 0. The average Bonchev–Trinajstić information content (AvgIpc) is 2.53. The molecule has 0 unspecified atom stereocenters. The van der Waals surface area contributed by atoms with Gasteiger partial charge in [0.1, 0.15) is 6.61 Å². The second-order valence-electron chi connectivity index (χ2n) is 6.35. The van der Waals surface area contributed by atoms with Gasteiger partial charge in [-0.1, -0.05) is 13.8 Å². The molecule has 108 valence electrons. The van der Waals surface area contributed by atoms with Crippen molar-refractivity contribution in [2.45, 2.75) is 39.4 Å². The van der Waals surface area contributed by atoms with Gasteiger partial charge in [0.05, 0.1) is 18.0 Å². The second kappa shape index (κ2) is 4.76. The number of nitrogens with two attached hydrogens (primary N) is 1. The Balaban J connectivity index is 2.21. The molecule has 0 saturated carbocycles. The summed E-state index contributed by atoms with van der Waals surface area (Å²) in [5.74, 6) is 0.375. The van der Waals surface area contributed by atoms with E-state index < -0.39 is 0 Å². The molecule has 1 atom stereocenters. The fourth-order valence-electron chi connectivity index (χ4n) is 3.35. The first-order valence-electron chi connectivity index (χ1n) is 7.25. The van der Waals surface area contributed by atoms with Gasteiger partial charge in [-0.25, -0.2) is 0 Å². The van der Waals surface area contributed by atoms with E-state index in [2.05, 4.69) is 27.7 Å². The molecule has 4 nitrogen and oxygen atoms in total. The topological polar surface area (TPSA) is 53.7 Å². The van der Waals surface area contributed by atoms with Gasteiger partial charge in [0.15, 0.2) is 0 Å². The molecule has 0 amide bonds. The van der Waals surface area contributed by atoms with E-state index in [0.29, 0.717) is 19.1 Å². The fourth-order valence-corrected chi connectivity index (χ4v) is 3.35. The molecule has 0 spiro atoms. The molecule has 0 saturated heterocycles. The molecule has 0 radical (unpaired) electrons. The van der Waals surface area contributed by atoms with Crippen molar-refractivity contribution < 1.29 is 14.0 Å². The number of hydrogen-bond acceptors (Lipinski definition) is 4. The highest BCUT2D eigenvalue weighted by Crippen LogP contribution is 2.45. The summed E-state index contributed by atoms with van der Waals surface area (Å²) >= 11 is 0. The van der Waals surface area contributed by atoms with Gasteiger partial charge in [0.2, 0.25) is 0 Å². The van der Waals surface area contributed by atoms with Crippen LogP contribution in [0.3, 0.4) is 0 Å². The summed E-state index contributed by atoms with van der Waals surface area (Å²) in [4.78, 5) is 0. The Kier molecular flexibility index (Phi) is 3.31. The summed E-state index contributed by atoms with van der Waals surface area (Å²) in [5, 5.41) is 0. The highest BCUT2D eigenvalue weighted by molar-refractivity contribution is 6.57. The van der Waals surface area contributed by atoms with E-state index in [9.17, 15) is 0 Å². The van der Waals surface area contributed by atoms with Crippen molar-refractivity contribution in [1.29, 1.82) is 0 Å². The summed E-state index contributed by atoms with van der Waals surface area (Å²) in [7, 11) is -0.322. The zero-order chi connectivity index (χ0) is 14.5. The molecule has 0 aliphatic carbocycles.